The van der Waals surface area contributed by atoms with E-state index < -0.39 is 5.97 Å². The van der Waals surface area contributed by atoms with Gasteiger partial charge in [0.1, 0.15) is 0 Å². The van der Waals surface area contributed by atoms with Crippen molar-refractivity contribution in [2.45, 2.75) is 19.8 Å². The normalized spacial score (nSPS) is 11.7. The van der Waals surface area contributed by atoms with Gasteiger partial charge in [-0.3, -0.25) is 9.59 Å². The Kier molecular flexibility index (Phi) is 5.31. The quantitative estimate of drug-likeness (QED) is 0.861. The average Bonchev–Trinajstić information content (AvgIpc) is 2.48. The molecular formula is C18H19NO3. The van der Waals surface area contributed by atoms with E-state index in [2.05, 4.69) is 5.32 Å². The van der Waals surface area contributed by atoms with Gasteiger partial charge in [0, 0.05) is 11.6 Å². The molecule has 0 fully saturated rings. The zero-order valence-electron chi connectivity index (χ0n) is 12.5. The monoisotopic (exact) mass is 297 g/mol. The first-order valence-corrected chi connectivity index (χ1v) is 7.20. The number of amides is 1. The number of nitrogens with one attached hydrogen (secondary N) is 1. The van der Waals surface area contributed by atoms with Crippen LogP contribution in [0, 0.1) is 5.92 Å². The number of anilines is 1. The Morgan fingerprint density at radius 1 is 1.05 bits per heavy atom. The van der Waals surface area contributed by atoms with Gasteiger partial charge in [-0.2, -0.15) is 0 Å². The molecule has 1 amide bonds. The van der Waals surface area contributed by atoms with Crippen molar-refractivity contribution in [3.05, 3.63) is 65.7 Å². The lowest BCUT2D eigenvalue weighted by molar-refractivity contribution is -0.136. The molecule has 0 saturated carbocycles. The largest absolute Gasteiger partial charge is 0.481 e. The average molecular weight is 297 g/mol. The van der Waals surface area contributed by atoms with E-state index in [4.69, 9.17) is 5.11 Å². The molecule has 0 aliphatic rings. The molecule has 4 nitrogen and oxygen atoms in total. The summed E-state index contributed by atoms with van der Waals surface area (Å²) in [6.07, 6.45) is 0.616. The summed E-state index contributed by atoms with van der Waals surface area (Å²) < 4.78 is 0. The Morgan fingerprint density at radius 3 is 2.41 bits per heavy atom. The van der Waals surface area contributed by atoms with Crippen LogP contribution in [0.15, 0.2) is 54.6 Å². The molecule has 0 radical (unpaired) electrons. The van der Waals surface area contributed by atoms with Gasteiger partial charge < -0.3 is 10.4 Å². The third kappa shape index (κ3) is 4.74. The lowest BCUT2D eigenvalue weighted by atomic mass is 10.0. The van der Waals surface area contributed by atoms with E-state index in [1.165, 1.54) is 0 Å². The molecule has 0 aliphatic heterocycles. The minimum atomic E-state index is -0.888. The second kappa shape index (κ2) is 7.41. The van der Waals surface area contributed by atoms with Gasteiger partial charge in [0.05, 0.1) is 6.42 Å². The highest BCUT2D eigenvalue weighted by Crippen LogP contribution is 2.14. The Bertz CT molecular complexity index is 652. The number of hydrogen-bond donors (Lipinski definition) is 2. The van der Waals surface area contributed by atoms with Gasteiger partial charge in [-0.05, 0) is 29.7 Å². The van der Waals surface area contributed by atoms with E-state index in [0.29, 0.717) is 17.7 Å². The van der Waals surface area contributed by atoms with Gasteiger partial charge >= 0.3 is 5.97 Å². The summed E-state index contributed by atoms with van der Waals surface area (Å²) in [4.78, 5) is 22.9. The molecule has 114 valence electrons. The highest BCUT2D eigenvalue weighted by molar-refractivity contribution is 5.92. The molecule has 0 saturated heterocycles. The first-order chi connectivity index (χ1) is 10.5. The number of hydrogen-bond acceptors (Lipinski definition) is 2. The van der Waals surface area contributed by atoms with Gasteiger partial charge in [0.25, 0.3) is 0 Å². The van der Waals surface area contributed by atoms with Crippen LogP contribution in [0.2, 0.25) is 0 Å². The van der Waals surface area contributed by atoms with E-state index in [0.717, 1.165) is 5.56 Å². The van der Waals surface area contributed by atoms with Crippen LogP contribution in [0.3, 0.4) is 0 Å². The van der Waals surface area contributed by atoms with Crippen molar-refractivity contribution in [1.82, 2.24) is 0 Å². The number of carboxylic acid groups (broad SMARTS) is 1. The van der Waals surface area contributed by atoms with E-state index >= 15 is 0 Å². The van der Waals surface area contributed by atoms with E-state index in [-0.39, 0.29) is 18.2 Å². The topological polar surface area (TPSA) is 66.4 Å². The summed E-state index contributed by atoms with van der Waals surface area (Å²) in [5.41, 5.74) is 2.41. The lowest BCUT2D eigenvalue weighted by Gasteiger charge is -2.13. The maximum atomic E-state index is 12.2. The highest BCUT2D eigenvalue weighted by Gasteiger charge is 2.14. The van der Waals surface area contributed by atoms with Crippen LogP contribution >= 0.6 is 0 Å². The van der Waals surface area contributed by atoms with Crippen LogP contribution in [0.25, 0.3) is 0 Å². The van der Waals surface area contributed by atoms with Crippen molar-refractivity contribution in [1.29, 1.82) is 0 Å². The minimum Gasteiger partial charge on any atom is -0.481 e. The third-order valence-corrected chi connectivity index (χ3v) is 3.38. The highest BCUT2D eigenvalue weighted by atomic mass is 16.4. The molecule has 0 heterocycles. The Morgan fingerprint density at radius 2 is 1.73 bits per heavy atom. The third-order valence-electron chi connectivity index (χ3n) is 3.38. The van der Waals surface area contributed by atoms with Gasteiger partial charge in [0.2, 0.25) is 5.91 Å². The van der Waals surface area contributed by atoms with Crippen molar-refractivity contribution in [2.75, 3.05) is 5.32 Å². The minimum absolute atomic E-state index is 0.0523. The van der Waals surface area contributed by atoms with Gasteiger partial charge in [0.15, 0.2) is 0 Å². The lowest BCUT2D eigenvalue weighted by Crippen LogP contribution is -2.22. The van der Waals surface area contributed by atoms with Crippen LogP contribution in [0.4, 0.5) is 5.69 Å². The molecule has 2 rings (SSSR count). The summed E-state index contributed by atoms with van der Waals surface area (Å²) in [6, 6.07) is 16.8. The predicted octanol–water partition coefficient (Wildman–Crippen LogP) is 3.13. The van der Waals surface area contributed by atoms with Crippen molar-refractivity contribution in [3.63, 3.8) is 0 Å². The summed E-state index contributed by atoms with van der Waals surface area (Å²) >= 11 is 0. The molecule has 0 aromatic heterocycles. The molecule has 2 aromatic rings. The van der Waals surface area contributed by atoms with Crippen LogP contribution in [0.5, 0.6) is 0 Å². The number of benzene rings is 2. The maximum Gasteiger partial charge on any atom is 0.307 e. The van der Waals surface area contributed by atoms with Crippen molar-refractivity contribution < 1.29 is 14.7 Å². The van der Waals surface area contributed by atoms with Crippen LogP contribution in [0.1, 0.15) is 18.1 Å². The van der Waals surface area contributed by atoms with Crippen LogP contribution in [-0.2, 0) is 22.4 Å². The summed E-state index contributed by atoms with van der Waals surface area (Å²) in [7, 11) is 0. The molecule has 1 atom stereocenters. The number of carboxylic acids is 1. The second-order valence-electron chi connectivity index (χ2n) is 5.35. The van der Waals surface area contributed by atoms with Crippen molar-refractivity contribution in [3.8, 4) is 0 Å². The molecule has 0 spiro atoms. The van der Waals surface area contributed by atoms with E-state index in [1.54, 1.807) is 24.3 Å². The molecule has 0 bridgehead atoms. The predicted molar refractivity (Wildman–Crippen MR) is 85.7 cm³/mol. The first-order valence-electron chi connectivity index (χ1n) is 7.20. The Labute approximate surface area is 129 Å². The molecule has 0 aliphatic carbocycles. The van der Waals surface area contributed by atoms with Crippen LogP contribution in [-0.4, -0.2) is 17.0 Å². The molecule has 1 unspecified atom stereocenters. The fraction of sp³-hybridized carbons (Fsp3) is 0.222. The van der Waals surface area contributed by atoms with Crippen LogP contribution < -0.4 is 5.32 Å². The summed E-state index contributed by atoms with van der Waals surface area (Å²) in [5.74, 6) is -1.12. The standard InChI is InChI=1S/C18H19NO3/c1-13(10-14-6-3-2-4-7-14)18(22)19-16-9-5-8-15(11-16)12-17(20)21/h2-9,11,13H,10,12H2,1H3,(H,19,22)(H,20,21). The zero-order valence-corrected chi connectivity index (χ0v) is 12.5. The molecule has 22 heavy (non-hydrogen) atoms. The number of carbonyl (C=O) groups excluding carboxylic acids is 1. The van der Waals surface area contributed by atoms with E-state index in [9.17, 15) is 9.59 Å². The molecule has 4 heteroatoms. The maximum absolute atomic E-state index is 12.2. The zero-order chi connectivity index (χ0) is 15.9. The van der Waals surface area contributed by atoms with E-state index in [1.807, 2.05) is 37.3 Å². The smallest absolute Gasteiger partial charge is 0.307 e. The Hall–Kier alpha value is -2.62. The van der Waals surface area contributed by atoms with Gasteiger partial charge in [-0.25, -0.2) is 0 Å². The fourth-order valence-corrected chi connectivity index (χ4v) is 2.26. The molecule has 2 N–H and O–H groups in total. The fourth-order valence-electron chi connectivity index (χ4n) is 2.26. The SMILES string of the molecule is CC(Cc1ccccc1)C(=O)Nc1cccc(CC(=O)O)c1. The molecule has 2 aromatic carbocycles. The first kappa shape index (κ1) is 15.8. The summed E-state index contributed by atoms with van der Waals surface area (Å²) in [6.45, 7) is 1.88. The second-order valence-corrected chi connectivity index (χ2v) is 5.35. The molecular weight excluding hydrogens is 278 g/mol. The number of rotatable bonds is 6. The van der Waals surface area contributed by atoms with Gasteiger partial charge in [-0.15, -0.1) is 0 Å². The number of carbonyl (C=O) groups is 2. The van der Waals surface area contributed by atoms with Crippen molar-refractivity contribution in [2.24, 2.45) is 5.92 Å². The van der Waals surface area contributed by atoms with Crippen molar-refractivity contribution >= 4 is 17.6 Å². The Balaban J connectivity index is 1.97. The number of aliphatic carboxylic acids is 1. The summed E-state index contributed by atoms with van der Waals surface area (Å²) in [5, 5.41) is 11.6. The van der Waals surface area contributed by atoms with Gasteiger partial charge in [-0.1, -0.05) is 49.4 Å².